The molecule has 1 atom stereocenters. The quantitative estimate of drug-likeness (QED) is 0.848. The first kappa shape index (κ1) is 15.7. The Bertz CT molecular complexity index is 257. The standard InChI is InChI=1S/C13H24N2O2.ClH/c1-14-12-3-2-6-15(10-12)13(16)9-11-4-7-17-8-5-11;/h11-12,14H,2-10H2,1H3;1H. The van der Waals surface area contributed by atoms with Crippen molar-refractivity contribution in [2.45, 2.75) is 38.1 Å². The highest BCUT2D eigenvalue weighted by molar-refractivity contribution is 5.85. The van der Waals surface area contributed by atoms with Gasteiger partial charge in [0.2, 0.25) is 5.91 Å². The van der Waals surface area contributed by atoms with Gasteiger partial charge in [-0.05, 0) is 38.6 Å². The number of carbonyl (C=O) groups excluding carboxylic acids is 1. The largest absolute Gasteiger partial charge is 0.381 e. The summed E-state index contributed by atoms with van der Waals surface area (Å²) in [6.07, 6.45) is 5.15. The molecule has 0 aromatic rings. The van der Waals surface area contributed by atoms with Crippen LogP contribution in [-0.4, -0.2) is 50.2 Å². The lowest BCUT2D eigenvalue weighted by Crippen LogP contribution is -2.47. The highest BCUT2D eigenvalue weighted by Crippen LogP contribution is 2.20. The van der Waals surface area contributed by atoms with Crippen LogP contribution in [0.4, 0.5) is 0 Å². The van der Waals surface area contributed by atoms with E-state index in [4.69, 9.17) is 4.74 Å². The first-order valence-electron chi connectivity index (χ1n) is 6.82. The van der Waals surface area contributed by atoms with Gasteiger partial charge in [0.05, 0.1) is 0 Å². The van der Waals surface area contributed by atoms with Crippen molar-refractivity contribution in [1.82, 2.24) is 10.2 Å². The lowest BCUT2D eigenvalue weighted by atomic mass is 9.95. The topological polar surface area (TPSA) is 41.6 Å². The van der Waals surface area contributed by atoms with E-state index in [1.807, 2.05) is 11.9 Å². The molecule has 0 aromatic carbocycles. The van der Waals surface area contributed by atoms with E-state index < -0.39 is 0 Å². The predicted molar refractivity (Wildman–Crippen MR) is 74.1 cm³/mol. The van der Waals surface area contributed by atoms with E-state index in [-0.39, 0.29) is 12.4 Å². The van der Waals surface area contributed by atoms with Crippen LogP contribution >= 0.6 is 12.4 Å². The number of halogens is 1. The summed E-state index contributed by atoms with van der Waals surface area (Å²) in [5, 5.41) is 3.28. The van der Waals surface area contributed by atoms with Crippen LogP contribution in [-0.2, 0) is 9.53 Å². The predicted octanol–water partition coefficient (Wildman–Crippen LogP) is 1.44. The Morgan fingerprint density at radius 2 is 2.06 bits per heavy atom. The van der Waals surface area contributed by atoms with E-state index in [0.29, 0.717) is 17.9 Å². The number of carbonyl (C=O) groups is 1. The normalized spacial score (nSPS) is 25.6. The Morgan fingerprint density at radius 1 is 1.33 bits per heavy atom. The maximum Gasteiger partial charge on any atom is 0.222 e. The molecule has 0 saturated carbocycles. The Morgan fingerprint density at radius 3 is 2.72 bits per heavy atom. The molecule has 2 aliphatic heterocycles. The Labute approximate surface area is 116 Å². The van der Waals surface area contributed by atoms with Gasteiger partial charge in [-0.25, -0.2) is 0 Å². The molecule has 4 nitrogen and oxygen atoms in total. The van der Waals surface area contributed by atoms with Crippen LogP contribution in [0.5, 0.6) is 0 Å². The highest BCUT2D eigenvalue weighted by atomic mass is 35.5. The zero-order valence-electron chi connectivity index (χ0n) is 11.2. The van der Waals surface area contributed by atoms with Crippen LogP contribution in [0.1, 0.15) is 32.1 Å². The number of nitrogens with zero attached hydrogens (tertiary/aromatic N) is 1. The molecule has 18 heavy (non-hydrogen) atoms. The molecule has 2 saturated heterocycles. The fourth-order valence-corrected chi connectivity index (χ4v) is 2.77. The van der Waals surface area contributed by atoms with E-state index in [0.717, 1.165) is 52.0 Å². The summed E-state index contributed by atoms with van der Waals surface area (Å²) in [6.45, 7) is 3.49. The second kappa shape index (κ2) is 7.97. The maximum atomic E-state index is 12.2. The minimum atomic E-state index is 0. The molecule has 0 aliphatic carbocycles. The molecule has 1 N–H and O–H groups in total. The molecule has 2 aliphatic rings. The van der Waals surface area contributed by atoms with Crippen molar-refractivity contribution >= 4 is 18.3 Å². The van der Waals surface area contributed by atoms with Crippen molar-refractivity contribution < 1.29 is 9.53 Å². The SMILES string of the molecule is CNC1CCCN(C(=O)CC2CCOCC2)C1.Cl. The molecule has 0 aromatic heterocycles. The van der Waals surface area contributed by atoms with E-state index in [2.05, 4.69) is 5.32 Å². The third kappa shape index (κ3) is 4.41. The number of ether oxygens (including phenoxy) is 1. The zero-order valence-corrected chi connectivity index (χ0v) is 12.0. The monoisotopic (exact) mass is 276 g/mol. The van der Waals surface area contributed by atoms with Gasteiger partial charge in [-0.3, -0.25) is 4.79 Å². The first-order chi connectivity index (χ1) is 8.29. The highest BCUT2D eigenvalue weighted by Gasteiger charge is 2.25. The number of amides is 1. The Kier molecular flexibility index (Phi) is 6.97. The van der Waals surface area contributed by atoms with Crippen molar-refractivity contribution in [1.29, 1.82) is 0 Å². The van der Waals surface area contributed by atoms with Crippen molar-refractivity contribution in [3.8, 4) is 0 Å². The summed E-state index contributed by atoms with van der Waals surface area (Å²) in [4.78, 5) is 14.2. The van der Waals surface area contributed by atoms with Gasteiger partial charge >= 0.3 is 0 Å². The van der Waals surface area contributed by atoms with Crippen LogP contribution in [0.2, 0.25) is 0 Å². The van der Waals surface area contributed by atoms with Gasteiger partial charge in [-0.1, -0.05) is 0 Å². The van der Waals surface area contributed by atoms with Gasteiger partial charge in [-0.2, -0.15) is 0 Å². The van der Waals surface area contributed by atoms with Crippen molar-refractivity contribution in [2.24, 2.45) is 5.92 Å². The Hall–Kier alpha value is -0.320. The second-order valence-corrected chi connectivity index (χ2v) is 5.23. The van der Waals surface area contributed by atoms with E-state index in [1.165, 1.54) is 6.42 Å². The minimum absolute atomic E-state index is 0. The number of nitrogens with one attached hydrogen (secondary N) is 1. The number of hydrogen-bond acceptors (Lipinski definition) is 3. The van der Waals surface area contributed by atoms with Crippen molar-refractivity contribution in [3.05, 3.63) is 0 Å². The zero-order chi connectivity index (χ0) is 12.1. The molecular formula is C13H25ClN2O2. The molecule has 2 rings (SSSR count). The minimum Gasteiger partial charge on any atom is -0.381 e. The van der Waals surface area contributed by atoms with E-state index in [1.54, 1.807) is 0 Å². The molecule has 2 heterocycles. The number of piperidine rings is 1. The molecule has 1 amide bonds. The van der Waals surface area contributed by atoms with Gasteiger partial charge in [0, 0.05) is 38.8 Å². The van der Waals surface area contributed by atoms with Crippen molar-refractivity contribution in [2.75, 3.05) is 33.4 Å². The van der Waals surface area contributed by atoms with Crippen molar-refractivity contribution in [3.63, 3.8) is 0 Å². The lowest BCUT2D eigenvalue weighted by molar-refractivity contribution is -0.134. The number of likely N-dealkylation sites (tertiary alicyclic amines) is 1. The number of likely N-dealkylation sites (N-methyl/N-ethyl adjacent to an activating group) is 1. The maximum absolute atomic E-state index is 12.2. The average molecular weight is 277 g/mol. The molecule has 106 valence electrons. The summed E-state index contributed by atoms with van der Waals surface area (Å²) in [5.41, 5.74) is 0. The molecule has 0 spiro atoms. The lowest BCUT2D eigenvalue weighted by Gasteiger charge is -2.34. The fourth-order valence-electron chi connectivity index (χ4n) is 2.77. The van der Waals surface area contributed by atoms with E-state index in [9.17, 15) is 4.79 Å². The van der Waals surface area contributed by atoms with Crippen LogP contribution in [0.25, 0.3) is 0 Å². The summed E-state index contributed by atoms with van der Waals surface area (Å²) in [7, 11) is 1.98. The Balaban J connectivity index is 0.00000162. The number of hydrogen-bond donors (Lipinski definition) is 1. The third-order valence-electron chi connectivity index (χ3n) is 3.99. The van der Waals surface area contributed by atoms with Gasteiger partial charge < -0.3 is 15.0 Å². The molecule has 2 fully saturated rings. The van der Waals surface area contributed by atoms with Crippen LogP contribution in [0.3, 0.4) is 0 Å². The average Bonchev–Trinajstić information content (AvgIpc) is 2.40. The summed E-state index contributed by atoms with van der Waals surface area (Å²) in [6, 6.07) is 0.488. The first-order valence-corrected chi connectivity index (χ1v) is 6.82. The molecule has 0 bridgehead atoms. The second-order valence-electron chi connectivity index (χ2n) is 5.23. The van der Waals surface area contributed by atoms with E-state index >= 15 is 0 Å². The molecule has 0 radical (unpaired) electrons. The van der Waals surface area contributed by atoms with Gasteiger partial charge in [-0.15, -0.1) is 12.4 Å². The summed E-state index contributed by atoms with van der Waals surface area (Å²) < 4.78 is 5.33. The number of rotatable bonds is 3. The molecule has 5 heteroatoms. The molecular weight excluding hydrogens is 252 g/mol. The van der Waals surface area contributed by atoms with Gasteiger partial charge in [0.1, 0.15) is 0 Å². The van der Waals surface area contributed by atoms with Crippen LogP contribution < -0.4 is 5.32 Å². The van der Waals surface area contributed by atoms with Gasteiger partial charge in [0.25, 0.3) is 0 Å². The van der Waals surface area contributed by atoms with Crippen LogP contribution in [0.15, 0.2) is 0 Å². The third-order valence-corrected chi connectivity index (χ3v) is 3.99. The summed E-state index contributed by atoms with van der Waals surface area (Å²) >= 11 is 0. The van der Waals surface area contributed by atoms with Gasteiger partial charge in [0.15, 0.2) is 0 Å². The summed E-state index contributed by atoms with van der Waals surface area (Å²) in [5.74, 6) is 0.892. The molecule has 1 unspecified atom stereocenters. The van der Waals surface area contributed by atoms with Crippen LogP contribution in [0, 0.1) is 5.92 Å². The smallest absolute Gasteiger partial charge is 0.222 e. The fraction of sp³-hybridized carbons (Fsp3) is 0.923.